The first-order chi connectivity index (χ1) is 35.8. The van der Waals surface area contributed by atoms with Gasteiger partial charge in [0, 0.05) is 53.8 Å². The number of anilines is 3. The molecule has 344 valence electrons. The third-order valence-electron chi connectivity index (χ3n) is 14.9. The van der Waals surface area contributed by atoms with Gasteiger partial charge in [-0.15, -0.1) is 11.3 Å². The van der Waals surface area contributed by atoms with E-state index in [1.807, 2.05) is 11.3 Å². The van der Waals surface area contributed by atoms with Gasteiger partial charge < -0.3 is 4.90 Å². The van der Waals surface area contributed by atoms with Crippen molar-refractivity contribution in [1.29, 1.82) is 0 Å². The second kappa shape index (κ2) is 17.0. The van der Waals surface area contributed by atoms with Crippen LogP contribution in [0.25, 0.3) is 98.8 Å². The standard InChI is InChI=1S/C67H47BN4S/c1-67(2,3)50-35-36-58(53(39-50)46-21-11-6-12-22-46)72-59-40-54-52-24-14-16-26-61(52)73-62(54)41-57(59)68-56-25-15-13-23-51(56)55-37-49(38-60(72)63(55)68)66-70-64(47-31-27-44(28-32-47)42-17-7-4-8-18-42)69-65(71-66)48-33-29-45(30-34-48)43-19-9-5-10-20-43/h4-41H,1-3H3. The van der Waals surface area contributed by atoms with Gasteiger partial charge in [0.2, 0.25) is 6.71 Å². The first-order valence-electron chi connectivity index (χ1n) is 25.1. The van der Waals surface area contributed by atoms with E-state index < -0.39 is 0 Å². The Hall–Kier alpha value is -8.71. The first-order valence-corrected chi connectivity index (χ1v) is 25.9. The molecule has 2 aliphatic rings. The van der Waals surface area contributed by atoms with Crippen molar-refractivity contribution < 1.29 is 0 Å². The van der Waals surface area contributed by atoms with Crippen LogP contribution in [0.5, 0.6) is 0 Å². The van der Waals surface area contributed by atoms with E-state index in [9.17, 15) is 0 Å². The Labute approximate surface area is 430 Å². The second-order valence-corrected chi connectivity index (χ2v) is 21.4. The Kier molecular flexibility index (Phi) is 10.0. The summed E-state index contributed by atoms with van der Waals surface area (Å²) in [5, 5.41) is 2.55. The molecule has 0 aliphatic carbocycles. The SMILES string of the molecule is CC(C)(C)c1ccc(N2c3cc4c(cc3B3c5ccccc5-c5cc(-c6nc(-c7ccc(-c8ccccc8)cc7)nc(-c7ccc(-c8ccccc8)cc7)n6)cc2c53)sc2ccccc24)c(-c2ccccc2)c1. The molecule has 73 heavy (non-hydrogen) atoms. The third-order valence-corrected chi connectivity index (χ3v) is 16.0. The van der Waals surface area contributed by atoms with Crippen LogP contribution in [-0.2, 0) is 5.41 Å². The van der Waals surface area contributed by atoms with Gasteiger partial charge >= 0.3 is 0 Å². The van der Waals surface area contributed by atoms with Gasteiger partial charge in [-0.3, -0.25) is 0 Å². The molecule has 0 atom stereocenters. The third kappa shape index (κ3) is 7.32. The van der Waals surface area contributed by atoms with Gasteiger partial charge in [0.25, 0.3) is 0 Å². The first kappa shape index (κ1) is 43.1. The number of rotatable bonds is 7. The minimum Gasteiger partial charge on any atom is -0.311 e. The van der Waals surface area contributed by atoms with Crippen LogP contribution >= 0.6 is 11.3 Å². The van der Waals surface area contributed by atoms with E-state index in [-0.39, 0.29) is 12.1 Å². The molecule has 0 saturated heterocycles. The summed E-state index contributed by atoms with van der Waals surface area (Å²) in [6, 6.07) is 83.8. The molecule has 0 saturated carbocycles. The molecule has 0 spiro atoms. The van der Waals surface area contributed by atoms with Gasteiger partial charge in [-0.25, -0.2) is 15.0 Å². The molecule has 2 aliphatic heterocycles. The van der Waals surface area contributed by atoms with Crippen LogP contribution in [0.3, 0.4) is 0 Å². The van der Waals surface area contributed by atoms with E-state index in [1.54, 1.807) is 0 Å². The molecule has 2 aromatic heterocycles. The lowest BCUT2D eigenvalue weighted by molar-refractivity contribution is 0.590. The maximum Gasteiger partial charge on any atom is 0.248 e. The average molecular weight is 951 g/mol. The molecule has 14 rings (SSSR count). The van der Waals surface area contributed by atoms with Crippen molar-refractivity contribution in [2.45, 2.75) is 26.2 Å². The van der Waals surface area contributed by atoms with Crippen LogP contribution in [0.1, 0.15) is 26.3 Å². The molecule has 10 aromatic carbocycles. The Morgan fingerprint density at radius 2 is 0.890 bits per heavy atom. The summed E-state index contributed by atoms with van der Waals surface area (Å²) >= 11 is 1.89. The zero-order valence-corrected chi connectivity index (χ0v) is 41.5. The summed E-state index contributed by atoms with van der Waals surface area (Å²) in [5.74, 6) is 1.87. The van der Waals surface area contributed by atoms with Crippen LogP contribution < -0.4 is 21.3 Å². The average Bonchev–Trinajstić information content (AvgIpc) is 4.01. The van der Waals surface area contributed by atoms with Crippen LogP contribution in [0.15, 0.2) is 231 Å². The van der Waals surface area contributed by atoms with Crippen LogP contribution in [-0.4, -0.2) is 21.7 Å². The van der Waals surface area contributed by atoms with E-state index in [0.29, 0.717) is 17.5 Å². The molecule has 0 N–H and O–H groups in total. The van der Waals surface area contributed by atoms with E-state index in [1.165, 1.54) is 70.1 Å². The minimum atomic E-state index is -0.0602. The normalized spacial score (nSPS) is 12.5. The highest BCUT2D eigenvalue weighted by molar-refractivity contribution is 7.26. The fourth-order valence-corrected chi connectivity index (χ4v) is 12.4. The number of fused-ring (bicyclic) bond motifs is 8. The van der Waals surface area contributed by atoms with Gasteiger partial charge in [0.15, 0.2) is 17.5 Å². The molecular weight excluding hydrogens is 904 g/mol. The van der Waals surface area contributed by atoms with Gasteiger partial charge in [0.1, 0.15) is 0 Å². The number of hydrogen-bond donors (Lipinski definition) is 0. The van der Waals surface area contributed by atoms with Crippen LogP contribution in [0.4, 0.5) is 17.1 Å². The van der Waals surface area contributed by atoms with Crippen molar-refractivity contribution in [1.82, 2.24) is 15.0 Å². The molecule has 4 nitrogen and oxygen atoms in total. The predicted molar refractivity (Wildman–Crippen MR) is 309 cm³/mol. The van der Waals surface area contributed by atoms with Gasteiger partial charge in [-0.1, -0.05) is 214 Å². The summed E-state index contributed by atoms with van der Waals surface area (Å²) in [5.41, 5.74) is 20.8. The maximum absolute atomic E-state index is 5.44. The summed E-state index contributed by atoms with van der Waals surface area (Å²) in [6.45, 7) is 6.93. The van der Waals surface area contributed by atoms with Crippen molar-refractivity contribution in [2.75, 3.05) is 4.90 Å². The quantitative estimate of drug-likeness (QED) is 0.149. The van der Waals surface area contributed by atoms with Gasteiger partial charge in [-0.2, -0.15) is 0 Å². The largest absolute Gasteiger partial charge is 0.311 e. The highest BCUT2D eigenvalue weighted by Crippen LogP contribution is 2.48. The molecule has 0 radical (unpaired) electrons. The van der Waals surface area contributed by atoms with Gasteiger partial charge in [0.05, 0.1) is 5.69 Å². The predicted octanol–water partition coefficient (Wildman–Crippen LogP) is 15.8. The lowest BCUT2D eigenvalue weighted by atomic mass is 9.37. The minimum absolute atomic E-state index is 0.0286. The Morgan fingerprint density at radius 3 is 1.52 bits per heavy atom. The van der Waals surface area contributed by atoms with E-state index in [0.717, 1.165) is 50.3 Å². The van der Waals surface area contributed by atoms with Crippen molar-refractivity contribution in [3.63, 3.8) is 0 Å². The highest BCUT2D eigenvalue weighted by Gasteiger charge is 2.44. The lowest BCUT2D eigenvalue weighted by Crippen LogP contribution is -2.54. The van der Waals surface area contributed by atoms with Crippen LogP contribution in [0, 0.1) is 0 Å². The molecular formula is C67H47BN4S. The number of thiophene rings is 1. The molecule has 0 bridgehead atoms. The van der Waals surface area contributed by atoms with E-state index in [2.05, 4.69) is 256 Å². The number of benzene rings is 10. The summed E-state index contributed by atoms with van der Waals surface area (Å²) in [4.78, 5) is 18.7. The zero-order chi connectivity index (χ0) is 48.8. The Balaban J connectivity index is 1.03. The summed E-state index contributed by atoms with van der Waals surface area (Å²) < 4.78 is 2.60. The highest BCUT2D eigenvalue weighted by atomic mass is 32.1. The molecule has 0 unspecified atom stereocenters. The second-order valence-electron chi connectivity index (χ2n) is 20.4. The molecule has 4 heterocycles. The van der Waals surface area contributed by atoms with Crippen molar-refractivity contribution in [2.24, 2.45) is 0 Å². The molecule has 0 amide bonds. The lowest BCUT2D eigenvalue weighted by Gasteiger charge is -2.38. The van der Waals surface area contributed by atoms with Crippen molar-refractivity contribution in [3.05, 3.63) is 236 Å². The van der Waals surface area contributed by atoms with E-state index in [4.69, 9.17) is 15.0 Å². The van der Waals surface area contributed by atoms with Crippen molar-refractivity contribution in [3.8, 4) is 78.7 Å². The number of aromatic nitrogens is 3. The summed E-state index contributed by atoms with van der Waals surface area (Å²) in [7, 11) is 0. The Morgan fingerprint density at radius 1 is 0.356 bits per heavy atom. The monoisotopic (exact) mass is 950 g/mol. The fourth-order valence-electron chi connectivity index (χ4n) is 11.2. The van der Waals surface area contributed by atoms with Crippen LogP contribution in [0.2, 0.25) is 0 Å². The van der Waals surface area contributed by atoms with E-state index >= 15 is 0 Å². The maximum atomic E-state index is 5.44. The molecule has 6 heteroatoms. The number of nitrogens with zero attached hydrogens (tertiary/aromatic N) is 4. The number of hydrogen-bond acceptors (Lipinski definition) is 5. The fraction of sp³-hybridized carbons (Fsp3) is 0.0597. The molecule has 0 fully saturated rings. The van der Waals surface area contributed by atoms with Crippen molar-refractivity contribution >= 4 is 71.7 Å². The Bertz CT molecular complexity index is 4010. The summed E-state index contributed by atoms with van der Waals surface area (Å²) in [6.07, 6.45) is 0. The zero-order valence-electron chi connectivity index (χ0n) is 40.7. The smallest absolute Gasteiger partial charge is 0.248 e. The van der Waals surface area contributed by atoms with Gasteiger partial charge in [-0.05, 0) is 103 Å². The topological polar surface area (TPSA) is 41.9 Å². The molecule has 12 aromatic rings.